The van der Waals surface area contributed by atoms with Crippen LogP contribution in [0.2, 0.25) is 5.02 Å². The van der Waals surface area contributed by atoms with Crippen LogP contribution in [0.1, 0.15) is 13.8 Å². The number of sulfonamides is 1. The number of carbonyl (C=O) groups excluding carboxylic acids is 1. The minimum absolute atomic E-state index is 0.0948. The second kappa shape index (κ2) is 8.84. The molecule has 0 radical (unpaired) electrons. The number of hydrogen-bond acceptors (Lipinski definition) is 5. The number of carbonyl (C=O) groups is 1. The Bertz CT molecular complexity index is 837. The van der Waals surface area contributed by atoms with Gasteiger partial charge in [0.1, 0.15) is 10.7 Å². The van der Waals surface area contributed by atoms with Gasteiger partial charge in [0.05, 0.1) is 0 Å². The lowest BCUT2D eigenvalue weighted by Crippen LogP contribution is -2.34. The molecule has 10 heteroatoms. The summed E-state index contributed by atoms with van der Waals surface area (Å²) in [6.07, 6.45) is 1.24. The molecule has 0 aliphatic heterocycles. The highest BCUT2D eigenvalue weighted by atomic mass is 35.5. The zero-order valence-corrected chi connectivity index (χ0v) is 15.9. The van der Waals surface area contributed by atoms with Gasteiger partial charge in [0, 0.05) is 30.0 Å². The van der Waals surface area contributed by atoms with Crippen molar-refractivity contribution in [3.8, 4) is 0 Å². The number of amides is 2. The molecular weight excluding hydrogens is 378 g/mol. The van der Waals surface area contributed by atoms with Gasteiger partial charge < -0.3 is 5.32 Å². The van der Waals surface area contributed by atoms with Gasteiger partial charge in [-0.2, -0.15) is 4.31 Å². The maximum absolute atomic E-state index is 12.4. The van der Waals surface area contributed by atoms with Gasteiger partial charge in [0.15, 0.2) is 0 Å². The van der Waals surface area contributed by atoms with Crippen molar-refractivity contribution in [1.29, 1.82) is 0 Å². The van der Waals surface area contributed by atoms with E-state index in [4.69, 9.17) is 11.6 Å². The smallest absolute Gasteiger partial charge is 0.307 e. The lowest BCUT2D eigenvalue weighted by atomic mass is 10.3. The van der Waals surface area contributed by atoms with E-state index in [1.54, 1.807) is 38.1 Å². The maximum Gasteiger partial charge on any atom is 0.337 e. The van der Waals surface area contributed by atoms with E-state index in [9.17, 15) is 13.2 Å². The van der Waals surface area contributed by atoms with Crippen LogP contribution in [0.4, 0.5) is 16.3 Å². The molecule has 0 saturated carbocycles. The van der Waals surface area contributed by atoms with Crippen molar-refractivity contribution in [3.63, 3.8) is 0 Å². The molecule has 0 unspecified atom stereocenters. The predicted molar refractivity (Wildman–Crippen MR) is 102 cm³/mol. The highest BCUT2D eigenvalue weighted by molar-refractivity contribution is 7.89. The monoisotopic (exact) mass is 397 g/mol. The van der Waals surface area contributed by atoms with Crippen LogP contribution >= 0.6 is 11.6 Å². The highest BCUT2D eigenvalue weighted by Crippen LogP contribution is 2.16. The summed E-state index contributed by atoms with van der Waals surface area (Å²) < 4.78 is 26.1. The number of hydrogen-bond donors (Lipinski definition) is 3. The summed E-state index contributed by atoms with van der Waals surface area (Å²) in [5.74, 6) is 0.301. The average Bonchev–Trinajstić information content (AvgIpc) is 2.63. The Morgan fingerprint density at radius 2 is 1.77 bits per heavy atom. The van der Waals surface area contributed by atoms with E-state index in [2.05, 4.69) is 21.2 Å². The first kappa shape index (κ1) is 20.0. The average molecular weight is 398 g/mol. The third-order valence-electron chi connectivity index (χ3n) is 3.49. The number of nitrogens with one attached hydrogen (secondary N) is 3. The first-order valence-corrected chi connectivity index (χ1v) is 9.73. The second-order valence-electron chi connectivity index (χ2n) is 5.18. The lowest BCUT2D eigenvalue weighted by Gasteiger charge is -2.18. The summed E-state index contributed by atoms with van der Waals surface area (Å²) >= 11 is 5.78. The first-order chi connectivity index (χ1) is 12.4. The normalized spacial score (nSPS) is 11.2. The Balaban J connectivity index is 1.94. The summed E-state index contributed by atoms with van der Waals surface area (Å²) in [5, 5.41) is 3.17. The zero-order chi connectivity index (χ0) is 19.2. The van der Waals surface area contributed by atoms with Crippen LogP contribution in [-0.2, 0) is 10.0 Å². The Morgan fingerprint density at radius 1 is 1.12 bits per heavy atom. The van der Waals surface area contributed by atoms with Crippen LogP contribution in [-0.4, -0.2) is 36.8 Å². The van der Waals surface area contributed by atoms with E-state index in [1.165, 1.54) is 22.6 Å². The number of halogens is 1. The van der Waals surface area contributed by atoms with Crippen molar-refractivity contribution in [2.45, 2.75) is 18.7 Å². The molecular formula is C16H20ClN5O3S. The number of rotatable bonds is 7. The van der Waals surface area contributed by atoms with Crippen molar-refractivity contribution in [3.05, 3.63) is 47.6 Å². The molecule has 0 saturated heterocycles. The fourth-order valence-corrected chi connectivity index (χ4v) is 3.67. The molecule has 2 amide bonds. The molecule has 1 aromatic heterocycles. The van der Waals surface area contributed by atoms with Crippen molar-refractivity contribution in [2.75, 3.05) is 23.8 Å². The van der Waals surface area contributed by atoms with E-state index in [1.807, 2.05) is 0 Å². The van der Waals surface area contributed by atoms with Gasteiger partial charge >= 0.3 is 6.03 Å². The van der Waals surface area contributed by atoms with Crippen LogP contribution in [0.3, 0.4) is 0 Å². The van der Waals surface area contributed by atoms with Crippen LogP contribution in [0.5, 0.6) is 0 Å². The maximum atomic E-state index is 12.4. The molecule has 1 heterocycles. The van der Waals surface area contributed by atoms with Crippen molar-refractivity contribution in [2.24, 2.45) is 0 Å². The van der Waals surface area contributed by atoms with Gasteiger partial charge in [-0.15, -0.1) is 0 Å². The zero-order valence-electron chi connectivity index (χ0n) is 14.4. The summed E-state index contributed by atoms with van der Waals surface area (Å²) in [6.45, 7) is 4.30. The summed E-state index contributed by atoms with van der Waals surface area (Å²) in [6, 6.07) is 9.03. The second-order valence-corrected chi connectivity index (χ2v) is 7.55. The summed E-state index contributed by atoms with van der Waals surface area (Å²) in [7, 11) is -3.56. The van der Waals surface area contributed by atoms with Gasteiger partial charge in [-0.25, -0.2) is 18.2 Å². The van der Waals surface area contributed by atoms with Crippen molar-refractivity contribution >= 4 is 39.2 Å². The number of aromatic nitrogens is 1. The Labute approximate surface area is 157 Å². The van der Waals surface area contributed by atoms with Crippen molar-refractivity contribution in [1.82, 2.24) is 14.7 Å². The fraction of sp³-hybridized carbons (Fsp3) is 0.250. The number of urea groups is 1. The third-order valence-corrected chi connectivity index (χ3v) is 5.77. The third kappa shape index (κ3) is 5.07. The Hall–Kier alpha value is -2.36. The molecule has 0 aliphatic carbocycles. The molecule has 0 fully saturated rings. The predicted octanol–water partition coefficient (Wildman–Crippen LogP) is 2.91. The van der Waals surface area contributed by atoms with E-state index in [0.717, 1.165) is 0 Å². The van der Waals surface area contributed by atoms with E-state index in [0.29, 0.717) is 29.6 Å². The number of benzene rings is 1. The topological polar surface area (TPSA) is 103 Å². The van der Waals surface area contributed by atoms with Crippen LogP contribution in [0, 0.1) is 0 Å². The van der Waals surface area contributed by atoms with Gasteiger partial charge in [0.2, 0.25) is 10.0 Å². The van der Waals surface area contributed by atoms with Crippen LogP contribution in [0.15, 0.2) is 47.5 Å². The summed E-state index contributed by atoms with van der Waals surface area (Å²) in [5.41, 5.74) is 5.59. The summed E-state index contributed by atoms with van der Waals surface area (Å²) in [4.78, 5) is 15.9. The van der Waals surface area contributed by atoms with Gasteiger partial charge in [-0.05, 0) is 36.4 Å². The van der Waals surface area contributed by atoms with Gasteiger partial charge in [-0.3, -0.25) is 10.9 Å². The molecule has 0 atom stereocenters. The standard InChI is InChI=1S/C16H20ClN5O3S/c1-3-22(4-2)26(24,25)14-9-10-15(18-11-14)20-21-16(23)19-13-7-5-12(17)6-8-13/h5-11H,3-4H2,1-2H3,(H,18,20)(H2,19,21,23). The van der Waals surface area contributed by atoms with Gasteiger partial charge in [-0.1, -0.05) is 25.4 Å². The van der Waals surface area contributed by atoms with E-state index < -0.39 is 16.1 Å². The molecule has 0 bridgehead atoms. The molecule has 3 N–H and O–H groups in total. The van der Waals surface area contributed by atoms with Crippen LogP contribution < -0.4 is 16.2 Å². The number of pyridine rings is 1. The minimum atomic E-state index is -3.56. The SMILES string of the molecule is CCN(CC)S(=O)(=O)c1ccc(NNC(=O)Nc2ccc(Cl)cc2)nc1. The largest absolute Gasteiger partial charge is 0.337 e. The van der Waals surface area contributed by atoms with Crippen molar-refractivity contribution < 1.29 is 13.2 Å². The molecule has 8 nitrogen and oxygen atoms in total. The highest BCUT2D eigenvalue weighted by Gasteiger charge is 2.21. The minimum Gasteiger partial charge on any atom is -0.307 e. The molecule has 2 aromatic rings. The molecule has 2 rings (SSSR count). The lowest BCUT2D eigenvalue weighted by molar-refractivity contribution is 0.254. The molecule has 1 aromatic carbocycles. The quantitative estimate of drug-likeness (QED) is 0.623. The molecule has 26 heavy (non-hydrogen) atoms. The fourth-order valence-electron chi connectivity index (χ4n) is 2.14. The number of anilines is 2. The Kier molecular flexibility index (Phi) is 6.78. The Morgan fingerprint density at radius 3 is 2.31 bits per heavy atom. The number of hydrazine groups is 1. The number of nitrogens with zero attached hydrogens (tertiary/aromatic N) is 2. The van der Waals surface area contributed by atoms with E-state index in [-0.39, 0.29) is 4.90 Å². The van der Waals surface area contributed by atoms with Crippen LogP contribution in [0.25, 0.3) is 0 Å². The van der Waals surface area contributed by atoms with Gasteiger partial charge in [0.25, 0.3) is 0 Å². The molecule has 0 spiro atoms. The molecule has 140 valence electrons. The first-order valence-electron chi connectivity index (χ1n) is 7.91. The van der Waals surface area contributed by atoms with E-state index >= 15 is 0 Å². The molecule has 0 aliphatic rings.